The summed E-state index contributed by atoms with van der Waals surface area (Å²) in [5.41, 5.74) is 0.924. The molecule has 2 N–H and O–H groups in total. The summed E-state index contributed by atoms with van der Waals surface area (Å²) < 4.78 is 4.74. The molecule has 1 unspecified atom stereocenters. The van der Waals surface area contributed by atoms with Crippen LogP contribution in [-0.4, -0.2) is 32.1 Å². The molecule has 1 amide bonds. The Hall–Kier alpha value is -1.88. The minimum absolute atomic E-state index is 0.00119. The molecule has 1 aromatic rings. The van der Waals surface area contributed by atoms with Gasteiger partial charge in [0.1, 0.15) is 0 Å². The molecule has 0 aliphatic carbocycles. The standard InChI is InChI=1S/C18H26N2O3/c1-23-18(22)13-16(15-5-3-2-4-6-15)20-17(21)8-7-14-9-11-19-12-10-14/h2-6,14,16,19H,7-13H2,1H3,(H,20,21). The van der Waals surface area contributed by atoms with Crippen LogP contribution in [0.5, 0.6) is 0 Å². The number of carbonyl (C=O) groups is 2. The van der Waals surface area contributed by atoms with E-state index in [4.69, 9.17) is 4.74 Å². The number of esters is 1. The van der Waals surface area contributed by atoms with Crippen LogP contribution in [0.25, 0.3) is 0 Å². The van der Waals surface area contributed by atoms with E-state index in [1.807, 2.05) is 30.3 Å². The fourth-order valence-corrected chi connectivity index (χ4v) is 2.96. The van der Waals surface area contributed by atoms with Crippen molar-refractivity contribution in [2.75, 3.05) is 20.2 Å². The molecule has 0 saturated carbocycles. The van der Waals surface area contributed by atoms with Crippen LogP contribution in [0, 0.1) is 5.92 Å². The van der Waals surface area contributed by atoms with Crippen molar-refractivity contribution in [2.24, 2.45) is 5.92 Å². The zero-order chi connectivity index (χ0) is 16.5. The third kappa shape index (κ3) is 6.02. The van der Waals surface area contributed by atoms with E-state index in [0.29, 0.717) is 12.3 Å². The van der Waals surface area contributed by atoms with Crippen molar-refractivity contribution in [2.45, 2.75) is 38.1 Å². The molecule has 1 saturated heterocycles. The van der Waals surface area contributed by atoms with Crippen molar-refractivity contribution in [1.82, 2.24) is 10.6 Å². The van der Waals surface area contributed by atoms with Crippen LogP contribution in [-0.2, 0) is 14.3 Å². The van der Waals surface area contributed by atoms with Crippen LogP contribution in [0.2, 0.25) is 0 Å². The van der Waals surface area contributed by atoms with Crippen molar-refractivity contribution in [3.63, 3.8) is 0 Å². The summed E-state index contributed by atoms with van der Waals surface area (Å²) >= 11 is 0. The summed E-state index contributed by atoms with van der Waals surface area (Å²) in [5, 5.41) is 6.31. The van der Waals surface area contributed by atoms with E-state index in [0.717, 1.165) is 37.9 Å². The van der Waals surface area contributed by atoms with Gasteiger partial charge in [0.25, 0.3) is 0 Å². The molecule has 1 aliphatic rings. The van der Waals surface area contributed by atoms with Gasteiger partial charge in [-0.25, -0.2) is 0 Å². The van der Waals surface area contributed by atoms with Crippen LogP contribution in [0.4, 0.5) is 0 Å². The number of benzene rings is 1. The first-order valence-corrected chi connectivity index (χ1v) is 8.31. The van der Waals surface area contributed by atoms with Crippen LogP contribution in [0.1, 0.15) is 43.7 Å². The molecule has 1 heterocycles. The van der Waals surface area contributed by atoms with Crippen molar-refractivity contribution in [3.8, 4) is 0 Å². The van der Waals surface area contributed by atoms with Crippen molar-refractivity contribution < 1.29 is 14.3 Å². The Kier molecular flexibility index (Phi) is 7.07. The Labute approximate surface area is 137 Å². The maximum absolute atomic E-state index is 12.3. The van der Waals surface area contributed by atoms with Gasteiger partial charge in [0.15, 0.2) is 0 Å². The molecule has 1 atom stereocenters. The predicted molar refractivity (Wildman–Crippen MR) is 88.8 cm³/mol. The van der Waals surface area contributed by atoms with Gasteiger partial charge in [-0.05, 0) is 43.8 Å². The van der Waals surface area contributed by atoms with Crippen molar-refractivity contribution in [1.29, 1.82) is 0 Å². The van der Waals surface area contributed by atoms with E-state index >= 15 is 0 Å². The molecule has 1 fully saturated rings. The van der Waals surface area contributed by atoms with Gasteiger partial charge in [0.05, 0.1) is 19.6 Å². The maximum atomic E-state index is 12.3. The highest BCUT2D eigenvalue weighted by atomic mass is 16.5. The second-order valence-electron chi connectivity index (χ2n) is 6.04. The fourth-order valence-electron chi connectivity index (χ4n) is 2.96. The summed E-state index contributed by atoms with van der Waals surface area (Å²) in [5.74, 6) is 0.302. The van der Waals surface area contributed by atoms with Gasteiger partial charge in [-0.15, -0.1) is 0 Å². The summed E-state index contributed by atoms with van der Waals surface area (Å²) in [6.45, 7) is 2.09. The van der Waals surface area contributed by atoms with Gasteiger partial charge in [-0.2, -0.15) is 0 Å². The van der Waals surface area contributed by atoms with E-state index < -0.39 is 0 Å². The normalized spacial score (nSPS) is 16.6. The smallest absolute Gasteiger partial charge is 0.307 e. The number of carbonyl (C=O) groups excluding carboxylic acids is 2. The predicted octanol–water partition coefficient (Wildman–Crippen LogP) is 2.19. The van der Waals surface area contributed by atoms with E-state index in [1.54, 1.807) is 0 Å². The molecule has 2 rings (SSSR count). The summed E-state index contributed by atoms with van der Waals surface area (Å²) in [6, 6.07) is 9.23. The first kappa shape index (κ1) is 17.5. The van der Waals surface area contributed by atoms with Crippen molar-refractivity contribution >= 4 is 11.9 Å². The zero-order valence-electron chi connectivity index (χ0n) is 13.7. The average Bonchev–Trinajstić information content (AvgIpc) is 2.61. The monoisotopic (exact) mass is 318 g/mol. The third-order valence-corrected chi connectivity index (χ3v) is 4.37. The molecule has 0 radical (unpaired) electrons. The molecule has 0 bridgehead atoms. The SMILES string of the molecule is COC(=O)CC(NC(=O)CCC1CCNCC1)c1ccccc1. The summed E-state index contributed by atoms with van der Waals surface area (Å²) in [6.07, 6.45) is 3.84. The van der Waals surface area contributed by atoms with E-state index in [2.05, 4.69) is 10.6 Å². The minimum Gasteiger partial charge on any atom is -0.469 e. The van der Waals surface area contributed by atoms with E-state index in [1.165, 1.54) is 7.11 Å². The van der Waals surface area contributed by atoms with Crippen LogP contribution in [0.15, 0.2) is 30.3 Å². The van der Waals surface area contributed by atoms with Crippen LogP contribution >= 0.6 is 0 Å². The average molecular weight is 318 g/mol. The van der Waals surface area contributed by atoms with Gasteiger partial charge in [0, 0.05) is 6.42 Å². The number of piperidine rings is 1. The Bertz CT molecular complexity index is 498. The number of hydrogen-bond acceptors (Lipinski definition) is 4. The number of rotatable bonds is 7. The van der Waals surface area contributed by atoms with Gasteiger partial charge in [-0.1, -0.05) is 30.3 Å². The zero-order valence-corrected chi connectivity index (χ0v) is 13.7. The first-order valence-electron chi connectivity index (χ1n) is 8.31. The van der Waals surface area contributed by atoms with Crippen molar-refractivity contribution in [3.05, 3.63) is 35.9 Å². The lowest BCUT2D eigenvalue weighted by molar-refractivity contribution is -0.141. The lowest BCUT2D eigenvalue weighted by Crippen LogP contribution is -2.32. The van der Waals surface area contributed by atoms with Gasteiger partial charge in [0.2, 0.25) is 5.91 Å². The van der Waals surface area contributed by atoms with Gasteiger partial charge >= 0.3 is 5.97 Å². The number of nitrogens with one attached hydrogen (secondary N) is 2. The Morgan fingerprint density at radius 1 is 1.26 bits per heavy atom. The second-order valence-corrected chi connectivity index (χ2v) is 6.04. The highest BCUT2D eigenvalue weighted by Crippen LogP contribution is 2.20. The summed E-state index contributed by atoms with van der Waals surface area (Å²) in [4.78, 5) is 23.9. The number of hydrogen-bond donors (Lipinski definition) is 2. The molecule has 23 heavy (non-hydrogen) atoms. The topological polar surface area (TPSA) is 67.4 Å². The molecule has 0 spiro atoms. The molecule has 5 nitrogen and oxygen atoms in total. The molecule has 126 valence electrons. The van der Waals surface area contributed by atoms with Crippen LogP contribution in [0.3, 0.4) is 0 Å². The minimum atomic E-state index is -0.329. The maximum Gasteiger partial charge on any atom is 0.307 e. The lowest BCUT2D eigenvalue weighted by Gasteiger charge is -2.23. The second kappa shape index (κ2) is 9.30. The Morgan fingerprint density at radius 2 is 1.96 bits per heavy atom. The van der Waals surface area contributed by atoms with E-state index in [9.17, 15) is 9.59 Å². The number of amides is 1. The largest absolute Gasteiger partial charge is 0.469 e. The fraction of sp³-hybridized carbons (Fsp3) is 0.556. The molecule has 1 aromatic carbocycles. The molecular formula is C18H26N2O3. The quantitative estimate of drug-likeness (QED) is 0.756. The molecule has 0 aromatic heterocycles. The Morgan fingerprint density at radius 3 is 2.61 bits per heavy atom. The Balaban J connectivity index is 1.88. The number of ether oxygens (including phenoxy) is 1. The van der Waals surface area contributed by atoms with Crippen LogP contribution < -0.4 is 10.6 Å². The summed E-state index contributed by atoms with van der Waals surface area (Å²) in [7, 11) is 1.36. The third-order valence-electron chi connectivity index (χ3n) is 4.37. The lowest BCUT2D eigenvalue weighted by atomic mass is 9.93. The highest BCUT2D eigenvalue weighted by molar-refractivity contribution is 5.78. The molecule has 5 heteroatoms. The van der Waals surface area contributed by atoms with E-state index in [-0.39, 0.29) is 24.3 Å². The van der Waals surface area contributed by atoms with Gasteiger partial charge < -0.3 is 15.4 Å². The molecule has 1 aliphatic heterocycles. The molecular weight excluding hydrogens is 292 g/mol. The number of methoxy groups -OCH3 is 1. The first-order chi connectivity index (χ1) is 11.2. The van der Waals surface area contributed by atoms with Gasteiger partial charge in [-0.3, -0.25) is 9.59 Å². The highest BCUT2D eigenvalue weighted by Gasteiger charge is 2.20.